The van der Waals surface area contributed by atoms with E-state index in [1.807, 2.05) is 0 Å². The second-order valence-electron chi connectivity index (χ2n) is 34.1. The van der Waals surface area contributed by atoms with E-state index in [1.165, 1.54) is 321 Å². The molecular weight excluding hydrogens is 1450 g/mol. The van der Waals surface area contributed by atoms with Crippen molar-refractivity contribution in [2.24, 2.45) is 11.8 Å². The maximum absolute atomic E-state index is 13.2. The van der Waals surface area contributed by atoms with Crippen molar-refractivity contribution in [2.45, 2.75) is 522 Å². The number of esters is 4. The summed E-state index contributed by atoms with van der Waals surface area (Å²) in [6, 6.07) is 0. The molecule has 0 fully saturated rings. The van der Waals surface area contributed by atoms with Crippen LogP contribution in [0.15, 0.2) is 0 Å². The van der Waals surface area contributed by atoms with Crippen LogP contribution < -0.4 is 0 Å². The van der Waals surface area contributed by atoms with Gasteiger partial charge < -0.3 is 33.8 Å². The zero-order valence-electron chi connectivity index (χ0n) is 74.0. The zero-order chi connectivity index (χ0) is 82.0. The summed E-state index contributed by atoms with van der Waals surface area (Å²) in [7, 11) is -9.94. The van der Waals surface area contributed by atoms with Crippen LogP contribution in [0.1, 0.15) is 504 Å². The number of hydrogen-bond acceptors (Lipinski definition) is 15. The Balaban J connectivity index is 5.24. The molecule has 0 aromatic heterocycles. The van der Waals surface area contributed by atoms with E-state index in [9.17, 15) is 43.2 Å². The number of unbranched alkanes of at least 4 members (excludes halogenated alkanes) is 61. The van der Waals surface area contributed by atoms with Crippen LogP contribution in [0.2, 0.25) is 0 Å². The Kier molecular flexibility index (Phi) is 82.6. The number of hydrogen-bond donors (Lipinski definition) is 3. The van der Waals surface area contributed by atoms with Crippen molar-refractivity contribution in [1.82, 2.24) is 0 Å². The lowest BCUT2D eigenvalue weighted by Crippen LogP contribution is -2.30. The first kappa shape index (κ1) is 110. The highest BCUT2D eigenvalue weighted by Gasteiger charge is 2.31. The van der Waals surface area contributed by atoms with Crippen molar-refractivity contribution >= 4 is 39.5 Å². The number of carbonyl (C=O) groups excluding carboxylic acids is 4. The summed E-state index contributed by atoms with van der Waals surface area (Å²) >= 11 is 0. The molecule has 0 rings (SSSR count). The molecular formula is C93H182O17P2. The largest absolute Gasteiger partial charge is 0.472 e. The molecule has 0 heterocycles. The third-order valence-corrected chi connectivity index (χ3v) is 24.2. The quantitative estimate of drug-likeness (QED) is 0.0222. The molecule has 0 aliphatic rings. The molecule has 0 saturated carbocycles. The van der Waals surface area contributed by atoms with E-state index in [1.54, 1.807) is 0 Å². The normalized spacial score (nSPS) is 13.9. The van der Waals surface area contributed by atoms with Gasteiger partial charge in [-0.25, -0.2) is 9.13 Å². The Labute approximate surface area is 689 Å². The molecule has 19 heteroatoms. The smallest absolute Gasteiger partial charge is 0.462 e. The van der Waals surface area contributed by atoms with Gasteiger partial charge in [0, 0.05) is 25.7 Å². The fourth-order valence-corrected chi connectivity index (χ4v) is 16.2. The second kappa shape index (κ2) is 84.1. The van der Waals surface area contributed by atoms with E-state index in [4.69, 9.17) is 37.0 Å². The maximum atomic E-state index is 13.2. The zero-order valence-corrected chi connectivity index (χ0v) is 75.8. The van der Waals surface area contributed by atoms with Gasteiger partial charge in [-0.3, -0.25) is 37.3 Å². The van der Waals surface area contributed by atoms with Crippen LogP contribution in [0.25, 0.3) is 0 Å². The second-order valence-corrected chi connectivity index (χ2v) is 37.0. The lowest BCUT2D eigenvalue weighted by Gasteiger charge is -2.21. The molecule has 0 saturated heterocycles. The number of rotatable bonds is 92. The van der Waals surface area contributed by atoms with Crippen LogP contribution in [-0.4, -0.2) is 96.7 Å². The highest BCUT2D eigenvalue weighted by molar-refractivity contribution is 7.47. The molecule has 0 spiro atoms. The number of ether oxygens (including phenoxy) is 4. The van der Waals surface area contributed by atoms with E-state index >= 15 is 0 Å². The standard InChI is InChI=1S/C93H182O17P2/c1-7-10-12-14-16-18-20-22-24-26-28-30-31-33-35-37-42-46-52-59-65-71-77-92(97)109-88(81-103-90(95)75-69-63-57-51-45-41-36-34-32-29-27-25-23-21-19-17-15-13-11-8-2)83-107-111(99,100)105-79-87(94)80-106-112(101,102)108-84-89(82-104-91(96)76-70-64-58-54-48-49-55-61-67-73-85(4)5)110-93(98)78-72-66-60-53-47-43-39-38-40-44-50-56-62-68-74-86(6)9-3/h85-89,94H,7-84H2,1-6H3,(H,99,100)(H,101,102)/t86?,87-,88-,89-/m1/s1. The summed E-state index contributed by atoms with van der Waals surface area (Å²) in [6.45, 7) is 9.75. The monoisotopic (exact) mass is 1630 g/mol. The van der Waals surface area contributed by atoms with Crippen molar-refractivity contribution < 1.29 is 80.2 Å². The lowest BCUT2D eigenvalue weighted by atomic mass is 9.99. The predicted molar refractivity (Wildman–Crippen MR) is 465 cm³/mol. The topological polar surface area (TPSA) is 237 Å². The van der Waals surface area contributed by atoms with Gasteiger partial charge in [-0.2, -0.15) is 0 Å². The third-order valence-electron chi connectivity index (χ3n) is 22.3. The number of phosphoric acid groups is 2. The molecule has 3 unspecified atom stereocenters. The Morgan fingerprint density at radius 2 is 0.455 bits per heavy atom. The van der Waals surface area contributed by atoms with Crippen LogP contribution in [-0.2, 0) is 65.4 Å². The van der Waals surface area contributed by atoms with Gasteiger partial charge in [-0.15, -0.1) is 0 Å². The molecule has 6 atom stereocenters. The predicted octanol–water partition coefficient (Wildman–Crippen LogP) is 29.0. The molecule has 0 bridgehead atoms. The number of aliphatic hydroxyl groups excluding tert-OH is 1. The average Bonchev–Trinajstić information content (AvgIpc) is 0.900. The van der Waals surface area contributed by atoms with Crippen molar-refractivity contribution in [1.29, 1.82) is 0 Å². The minimum absolute atomic E-state index is 0.108. The SMILES string of the molecule is CCCCCCCCCCCCCCCCCCCCCCCCC(=O)O[C@H](COC(=O)CCCCCCCCCCCCCCCCCCCCCC)COP(=O)(O)OC[C@@H](O)COP(=O)(O)OC[C@@H](COC(=O)CCCCCCCCCCCC(C)C)OC(=O)CCCCCCCCCCCCCCCCC(C)CC. The first-order chi connectivity index (χ1) is 54.4. The van der Waals surface area contributed by atoms with Gasteiger partial charge in [0.2, 0.25) is 0 Å². The fourth-order valence-electron chi connectivity index (χ4n) is 14.6. The summed E-state index contributed by atoms with van der Waals surface area (Å²) in [6.07, 6.45) is 79.3. The van der Waals surface area contributed by atoms with Crippen molar-refractivity contribution in [2.75, 3.05) is 39.6 Å². The molecule has 0 radical (unpaired) electrons. The first-order valence-corrected chi connectivity index (χ1v) is 51.0. The minimum atomic E-state index is -4.97. The first-order valence-electron chi connectivity index (χ1n) is 48.0. The highest BCUT2D eigenvalue weighted by atomic mass is 31.2. The van der Waals surface area contributed by atoms with Gasteiger partial charge >= 0.3 is 39.5 Å². The maximum Gasteiger partial charge on any atom is 0.472 e. The summed E-state index contributed by atoms with van der Waals surface area (Å²) in [5.41, 5.74) is 0. The molecule has 0 aromatic rings. The van der Waals surface area contributed by atoms with E-state index in [2.05, 4.69) is 41.5 Å². The van der Waals surface area contributed by atoms with Crippen molar-refractivity contribution in [3.8, 4) is 0 Å². The molecule has 3 N–H and O–H groups in total. The lowest BCUT2D eigenvalue weighted by molar-refractivity contribution is -0.161. The van der Waals surface area contributed by atoms with Gasteiger partial charge in [0.15, 0.2) is 12.2 Å². The van der Waals surface area contributed by atoms with E-state index in [0.717, 1.165) is 102 Å². The van der Waals surface area contributed by atoms with Gasteiger partial charge in [0.25, 0.3) is 0 Å². The Morgan fingerprint density at radius 3 is 0.679 bits per heavy atom. The summed E-state index contributed by atoms with van der Waals surface area (Å²) < 4.78 is 69.1. The summed E-state index contributed by atoms with van der Waals surface area (Å²) in [5.74, 6) is -0.505. The van der Waals surface area contributed by atoms with Gasteiger partial charge in [0.1, 0.15) is 19.3 Å². The van der Waals surface area contributed by atoms with Gasteiger partial charge in [-0.1, -0.05) is 452 Å². The van der Waals surface area contributed by atoms with E-state index in [-0.39, 0.29) is 25.7 Å². The minimum Gasteiger partial charge on any atom is -0.462 e. The van der Waals surface area contributed by atoms with Crippen LogP contribution in [0.4, 0.5) is 0 Å². The molecule has 0 aromatic carbocycles. The molecule has 112 heavy (non-hydrogen) atoms. The Bertz CT molecular complexity index is 2130. The Morgan fingerprint density at radius 1 is 0.259 bits per heavy atom. The Hall–Kier alpha value is -1.94. The average molecular weight is 1630 g/mol. The van der Waals surface area contributed by atoms with Gasteiger partial charge in [-0.05, 0) is 37.5 Å². The van der Waals surface area contributed by atoms with E-state index in [0.29, 0.717) is 25.7 Å². The fraction of sp³-hybridized carbons (Fsp3) is 0.957. The van der Waals surface area contributed by atoms with Crippen LogP contribution in [0.3, 0.4) is 0 Å². The van der Waals surface area contributed by atoms with Crippen molar-refractivity contribution in [3.63, 3.8) is 0 Å². The van der Waals surface area contributed by atoms with Gasteiger partial charge in [0.05, 0.1) is 26.4 Å². The van der Waals surface area contributed by atoms with Crippen LogP contribution >= 0.6 is 15.6 Å². The number of carbonyl (C=O) groups is 4. The summed E-state index contributed by atoms with van der Waals surface area (Å²) in [5, 5.41) is 10.7. The molecule has 0 aliphatic heterocycles. The molecule has 666 valence electrons. The third kappa shape index (κ3) is 84.5. The number of aliphatic hydroxyl groups is 1. The molecule has 0 aliphatic carbocycles. The van der Waals surface area contributed by atoms with Crippen LogP contribution in [0.5, 0.6) is 0 Å². The van der Waals surface area contributed by atoms with E-state index < -0.39 is 97.5 Å². The highest BCUT2D eigenvalue weighted by Crippen LogP contribution is 2.45. The molecule has 17 nitrogen and oxygen atoms in total. The van der Waals surface area contributed by atoms with Crippen molar-refractivity contribution in [3.05, 3.63) is 0 Å². The van der Waals surface area contributed by atoms with Crippen LogP contribution in [0, 0.1) is 11.8 Å². The molecule has 0 amide bonds. The number of phosphoric ester groups is 2. The summed E-state index contributed by atoms with van der Waals surface area (Å²) in [4.78, 5) is 73.5.